The summed E-state index contributed by atoms with van der Waals surface area (Å²) in [5.74, 6) is 0.632. The molecule has 1 heterocycles. The van der Waals surface area contributed by atoms with E-state index in [2.05, 4.69) is 14.7 Å². The maximum absolute atomic E-state index is 11.8. The molecule has 1 aromatic carbocycles. The average molecular weight is 305 g/mol. The average Bonchev–Trinajstić information content (AvgIpc) is 2.74. The molecule has 3 N–H and O–H groups in total. The molecule has 8 heteroatoms. The van der Waals surface area contributed by atoms with Gasteiger partial charge in [0.15, 0.2) is 5.16 Å². The normalized spacial score (nSPS) is 12.2. The van der Waals surface area contributed by atoms with Crippen molar-refractivity contribution in [1.82, 2.24) is 9.97 Å². The van der Waals surface area contributed by atoms with Crippen LogP contribution in [0.25, 0.3) is 11.0 Å². The van der Waals surface area contributed by atoms with Gasteiger partial charge in [-0.1, -0.05) is 11.8 Å². The zero-order valence-corrected chi connectivity index (χ0v) is 11.4. The van der Waals surface area contributed by atoms with Crippen molar-refractivity contribution in [2.24, 2.45) is 0 Å². The summed E-state index contributed by atoms with van der Waals surface area (Å²) in [4.78, 5) is 7.44. The van der Waals surface area contributed by atoms with Crippen molar-refractivity contribution < 1.29 is 17.9 Å². The van der Waals surface area contributed by atoms with Crippen LogP contribution in [0.4, 0.5) is 18.9 Å². The number of nitrogen functional groups attached to an aromatic ring is 1. The lowest BCUT2D eigenvalue weighted by Gasteiger charge is -2.06. The highest BCUT2D eigenvalue weighted by Gasteiger charge is 2.27. The predicted octanol–water partition coefficient (Wildman–Crippen LogP) is 3.21. The molecule has 0 aliphatic heterocycles. The zero-order chi connectivity index (χ0) is 14.6. The molecule has 0 spiro atoms. The Morgan fingerprint density at radius 3 is 2.90 bits per heavy atom. The molecule has 4 nitrogen and oxygen atoms in total. The minimum absolute atomic E-state index is 0.0830. The maximum atomic E-state index is 11.8. The summed E-state index contributed by atoms with van der Waals surface area (Å²) < 4.78 is 40.0. The first-order valence-corrected chi connectivity index (χ1v) is 6.95. The van der Waals surface area contributed by atoms with Crippen LogP contribution in [0.15, 0.2) is 23.4 Å². The van der Waals surface area contributed by atoms with E-state index in [1.165, 1.54) is 11.8 Å². The number of thioether (sulfide) groups is 1. The van der Waals surface area contributed by atoms with Crippen LogP contribution in [0.5, 0.6) is 0 Å². The number of ether oxygens (including phenoxy) is 1. The Kier molecular flexibility index (Phi) is 4.77. The van der Waals surface area contributed by atoms with Gasteiger partial charge in [0.2, 0.25) is 0 Å². The van der Waals surface area contributed by atoms with Gasteiger partial charge in [-0.2, -0.15) is 13.2 Å². The number of anilines is 1. The fourth-order valence-electron chi connectivity index (χ4n) is 1.59. The van der Waals surface area contributed by atoms with Gasteiger partial charge >= 0.3 is 6.18 Å². The molecule has 110 valence electrons. The van der Waals surface area contributed by atoms with Gasteiger partial charge in [0.25, 0.3) is 0 Å². The third-order valence-corrected chi connectivity index (χ3v) is 3.38. The maximum Gasteiger partial charge on any atom is 0.411 e. The highest BCUT2D eigenvalue weighted by Crippen LogP contribution is 2.21. The Bertz CT molecular complexity index is 571. The van der Waals surface area contributed by atoms with Crippen LogP contribution in [0.1, 0.15) is 6.42 Å². The fraction of sp³-hybridized carbons (Fsp3) is 0.417. The van der Waals surface area contributed by atoms with E-state index < -0.39 is 12.8 Å². The van der Waals surface area contributed by atoms with Crippen LogP contribution in [-0.2, 0) is 4.74 Å². The van der Waals surface area contributed by atoms with E-state index in [-0.39, 0.29) is 6.61 Å². The van der Waals surface area contributed by atoms with Gasteiger partial charge in [-0.15, -0.1) is 0 Å². The molecule has 0 fully saturated rings. The number of hydrogen-bond donors (Lipinski definition) is 2. The van der Waals surface area contributed by atoms with Crippen LogP contribution in [-0.4, -0.2) is 35.1 Å². The molecule has 0 radical (unpaired) electrons. The smallest absolute Gasteiger partial charge is 0.399 e. The van der Waals surface area contributed by atoms with Crippen molar-refractivity contribution in [2.45, 2.75) is 17.8 Å². The summed E-state index contributed by atoms with van der Waals surface area (Å²) in [6.45, 7) is -1.11. The number of H-pyrrole nitrogens is 1. The van der Waals surface area contributed by atoms with Gasteiger partial charge in [0, 0.05) is 18.0 Å². The lowest BCUT2D eigenvalue weighted by Crippen LogP contribution is -2.17. The molecule has 0 bridgehead atoms. The van der Waals surface area contributed by atoms with Gasteiger partial charge in [-0.3, -0.25) is 0 Å². The van der Waals surface area contributed by atoms with E-state index in [0.717, 1.165) is 16.2 Å². The van der Waals surface area contributed by atoms with Gasteiger partial charge in [0.1, 0.15) is 6.61 Å². The Balaban J connectivity index is 1.73. The second-order valence-electron chi connectivity index (χ2n) is 4.19. The van der Waals surface area contributed by atoms with Crippen molar-refractivity contribution in [1.29, 1.82) is 0 Å². The van der Waals surface area contributed by atoms with E-state index in [1.54, 1.807) is 12.1 Å². The summed E-state index contributed by atoms with van der Waals surface area (Å²) >= 11 is 1.44. The van der Waals surface area contributed by atoms with Crippen molar-refractivity contribution in [3.8, 4) is 0 Å². The minimum Gasteiger partial charge on any atom is -0.399 e. The Morgan fingerprint density at radius 1 is 1.35 bits per heavy atom. The molecule has 0 aliphatic carbocycles. The summed E-state index contributed by atoms with van der Waals surface area (Å²) in [5.41, 5.74) is 7.97. The second kappa shape index (κ2) is 6.36. The molecular formula is C12H14F3N3OS. The number of nitrogens with two attached hydrogens (primary N) is 1. The number of benzene rings is 1. The molecule has 0 saturated heterocycles. The number of rotatable bonds is 6. The Morgan fingerprint density at radius 2 is 2.15 bits per heavy atom. The van der Waals surface area contributed by atoms with Crippen LogP contribution < -0.4 is 5.73 Å². The first-order valence-electron chi connectivity index (χ1n) is 5.96. The van der Waals surface area contributed by atoms with Crippen molar-refractivity contribution in [2.75, 3.05) is 24.7 Å². The van der Waals surface area contributed by atoms with Crippen LogP contribution in [0.2, 0.25) is 0 Å². The lowest BCUT2D eigenvalue weighted by atomic mass is 10.3. The third-order valence-electron chi connectivity index (χ3n) is 2.42. The summed E-state index contributed by atoms with van der Waals surface area (Å²) in [7, 11) is 0. The molecule has 20 heavy (non-hydrogen) atoms. The number of alkyl halides is 3. The number of aromatic nitrogens is 2. The summed E-state index contributed by atoms with van der Waals surface area (Å²) in [6, 6.07) is 5.37. The van der Waals surface area contributed by atoms with Gasteiger partial charge < -0.3 is 15.5 Å². The monoisotopic (exact) mass is 305 g/mol. The van der Waals surface area contributed by atoms with Crippen LogP contribution in [0.3, 0.4) is 0 Å². The lowest BCUT2D eigenvalue weighted by molar-refractivity contribution is -0.173. The highest BCUT2D eigenvalue weighted by molar-refractivity contribution is 7.99. The van der Waals surface area contributed by atoms with E-state index in [1.807, 2.05) is 6.07 Å². The number of imidazole rings is 1. The van der Waals surface area contributed by atoms with Gasteiger partial charge in [0.05, 0.1) is 11.0 Å². The number of nitrogens with one attached hydrogen (secondary N) is 1. The van der Waals surface area contributed by atoms with Gasteiger partial charge in [-0.05, 0) is 24.6 Å². The van der Waals surface area contributed by atoms with Crippen molar-refractivity contribution in [3.63, 3.8) is 0 Å². The molecular weight excluding hydrogens is 291 g/mol. The fourth-order valence-corrected chi connectivity index (χ4v) is 2.39. The molecule has 1 aromatic heterocycles. The highest BCUT2D eigenvalue weighted by atomic mass is 32.2. The standard InChI is InChI=1S/C12H14F3N3OS/c13-12(14,15)7-19-4-1-5-20-11-17-9-3-2-8(16)6-10(9)18-11/h2-3,6H,1,4-5,7,16H2,(H,17,18). The van der Waals surface area contributed by atoms with Crippen molar-refractivity contribution >= 4 is 28.5 Å². The minimum atomic E-state index is -4.26. The Hall–Kier alpha value is -1.41. The van der Waals surface area contributed by atoms with E-state index in [9.17, 15) is 13.2 Å². The van der Waals surface area contributed by atoms with E-state index in [4.69, 9.17) is 5.73 Å². The van der Waals surface area contributed by atoms with Crippen LogP contribution >= 0.6 is 11.8 Å². The quantitative estimate of drug-likeness (QED) is 0.489. The molecule has 0 amide bonds. The number of hydrogen-bond acceptors (Lipinski definition) is 4. The largest absolute Gasteiger partial charge is 0.411 e. The van der Waals surface area contributed by atoms with E-state index in [0.29, 0.717) is 17.9 Å². The summed E-state index contributed by atoms with van der Waals surface area (Å²) in [5, 5.41) is 0.724. The molecule has 0 aliphatic rings. The zero-order valence-electron chi connectivity index (χ0n) is 10.5. The SMILES string of the molecule is Nc1ccc2nc(SCCCOCC(F)(F)F)[nH]c2c1. The first-order chi connectivity index (χ1) is 9.44. The number of halogens is 3. The molecule has 2 aromatic rings. The molecule has 0 unspecified atom stereocenters. The molecule has 0 saturated carbocycles. The first kappa shape index (κ1) is 15.0. The predicted molar refractivity (Wildman–Crippen MR) is 72.7 cm³/mol. The number of aromatic amines is 1. The molecule has 0 atom stereocenters. The molecule has 2 rings (SSSR count). The third kappa shape index (κ3) is 4.61. The summed E-state index contributed by atoms with van der Waals surface area (Å²) in [6.07, 6.45) is -3.73. The number of nitrogens with zero attached hydrogens (tertiary/aromatic N) is 1. The Labute approximate surface area is 117 Å². The topological polar surface area (TPSA) is 63.9 Å². The van der Waals surface area contributed by atoms with Crippen LogP contribution in [0, 0.1) is 0 Å². The number of fused-ring (bicyclic) bond motifs is 1. The van der Waals surface area contributed by atoms with Gasteiger partial charge in [-0.25, -0.2) is 4.98 Å². The van der Waals surface area contributed by atoms with E-state index >= 15 is 0 Å². The van der Waals surface area contributed by atoms with Crippen molar-refractivity contribution in [3.05, 3.63) is 18.2 Å². The second-order valence-corrected chi connectivity index (χ2v) is 5.27.